The van der Waals surface area contributed by atoms with E-state index in [-0.39, 0.29) is 11.2 Å². The van der Waals surface area contributed by atoms with Crippen molar-refractivity contribution in [1.82, 2.24) is 9.36 Å². The molecule has 0 fully saturated rings. The number of aryl methyl sites for hydroxylation is 1. The average molecular weight is 279 g/mol. The molecule has 0 amide bonds. The lowest BCUT2D eigenvalue weighted by atomic mass is 10.1. The van der Waals surface area contributed by atoms with Crippen LogP contribution in [0.15, 0.2) is 59.4 Å². The Bertz CT molecular complexity index is 827. The lowest BCUT2D eigenvalue weighted by Crippen LogP contribution is -2.20. The third-order valence-corrected chi connectivity index (χ3v) is 3.63. The molecule has 0 aliphatic heterocycles. The highest BCUT2D eigenvalue weighted by Crippen LogP contribution is 2.24. The van der Waals surface area contributed by atoms with Crippen LogP contribution in [0.3, 0.4) is 0 Å². The van der Waals surface area contributed by atoms with Gasteiger partial charge >= 0.3 is 0 Å². The summed E-state index contributed by atoms with van der Waals surface area (Å²) in [5.74, 6) is 0. The number of aromatic nitrogens is 2. The Labute approximate surface area is 123 Å². The monoisotopic (exact) mass is 279 g/mol. The van der Waals surface area contributed by atoms with Gasteiger partial charge in [-0.05, 0) is 19.1 Å². The first-order valence-corrected chi connectivity index (χ1v) is 6.79. The van der Waals surface area contributed by atoms with Crippen molar-refractivity contribution in [2.24, 2.45) is 7.05 Å². The first-order valence-electron chi connectivity index (χ1n) is 6.79. The Kier molecular flexibility index (Phi) is 3.14. The number of benzene rings is 2. The molecule has 0 saturated heterocycles. The zero-order valence-electron chi connectivity index (χ0n) is 12.1. The fraction of sp³-hybridized carbons (Fsp3) is 0.118. The predicted molar refractivity (Wildman–Crippen MR) is 85.6 cm³/mol. The molecule has 3 aromatic rings. The molecule has 21 heavy (non-hydrogen) atoms. The van der Waals surface area contributed by atoms with Gasteiger partial charge in [0.05, 0.1) is 11.4 Å². The van der Waals surface area contributed by atoms with Gasteiger partial charge in [0.2, 0.25) is 0 Å². The zero-order chi connectivity index (χ0) is 15.0. The Morgan fingerprint density at radius 2 is 1.57 bits per heavy atom. The zero-order valence-corrected chi connectivity index (χ0v) is 12.1. The molecule has 106 valence electrons. The van der Waals surface area contributed by atoms with Crippen LogP contribution in [0, 0.1) is 6.92 Å². The number of nitrogens with two attached hydrogens (primary N) is 1. The van der Waals surface area contributed by atoms with Crippen molar-refractivity contribution in [3.05, 3.63) is 70.5 Å². The van der Waals surface area contributed by atoms with Crippen molar-refractivity contribution < 1.29 is 0 Å². The van der Waals surface area contributed by atoms with E-state index in [0.717, 1.165) is 22.5 Å². The third-order valence-electron chi connectivity index (χ3n) is 3.63. The molecule has 4 nitrogen and oxygen atoms in total. The van der Waals surface area contributed by atoms with Crippen molar-refractivity contribution >= 4 is 5.69 Å². The molecule has 1 heterocycles. The van der Waals surface area contributed by atoms with Crippen molar-refractivity contribution in [3.8, 4) is 16.9 Å². The standard InChI is InChI=1S/C17H17N3O/c1-12-8-10-14(11-9-12)20-17(21)15(18)16(19(20)2)13-6-4-3-5-7-13/h3-11H,18H2,1-2H3. The number of nitrogen functional groups attached to an aromatic ring is 1. The largest absolute Gasteiger partial charge is 0.392 e. The van der Waals surface area contributed by atoms with Gasteiger partial charge in [-0.2, -0.15) is 0 Å². The van der Waals surface area contributed by atoms with Gasteiger partial charge in [-0.15, -0.1) is 0 Å². The van der Waals surface area contributed by atoms with Gasteiger partial charge < -0.3 is 5.73 Å². The molecule has 2 N–H and O–H groups in total. The van der Waals surface area contributed by atoms with E-state index in [9.17, 15) is 4.79 Å². The van der Waals surface area contributed by atoms with Gasteiger partial charge in [-0.1, -0.05) is 48.0 Å². The second-order valence-electron chi connectivity index (χ2n) is 5.10. The van der Waals surface area contributed by atoms with Crippen molar-refractivity contribution in [3.63, 3.8) is 0 Å². The Balaban J connectivity index is 2.25. The minimum Gasteiger partial charge on any atom is -0.392 e. The van der Waals surface area contributed by atoms with Crippen LogP contribution in [0.5, 0.6) is 0 Å². The summed E-state index contributed by atoms with van der Waals surface area (Å²) in [5.41, 5.74) is 9.75. The molecule has 0 radical (unpaired) electrons. The summed E-state index contributed by atoms with van der Waals surface area (Å²) in [7, 11) is 1.85. The predicted octanol–water partition coefficient (Wildman–Crippen LogP) is 2.73. The van der Waals surface area contributed by atoms with Crippen molar-refractivity contribution in [2.75, 3.05) is 5.73 Å². The first-order chi connectivity index (χ1) is 10.1. The van der Waals surface area contributed by atoms with Crippen LogP contribution in [0.4, 0.5) is 5.69 Å². The Hall–Kier alpha value is -2.75. The van der Waals surface area contributed by atoms with E-state index in [2.05, 4.69) is 0 Å². The molecular formula is C17H17N3O. The normalized spacial score (nSPS) is 10.8. The van der Waals surface area contributed by atoms with E-state index < -0.39 is 0 Å². The molecular weight excluding hydrogens is 262 g/mol. The van der Waals surface area contributed by atoms with Crippen LogP contribution in [-0.4, -0.2) is 9.36 Å². The Morgan fingerprint density at radius 1 is 0.952 bits per heavy atom. The summed E-state index contributed by atoms with van der Waals surface area (Å²) in [6.45, 7) is 2.02. The summed E-state index contributed by atoms with van der Waals surface area (Å²) in [4.78, 5) is 12.5. The second-order valence-corrected chi connectivity index (χ2v) is 5.10. The van der Waals surface area contributed by atoms with E-state index in [1.165, 1.54) is 0 Å². The maximum absolute atomic E-state index is 12.5. The molecule has 0 saturated carbocycles. The van der Waals surface area contributed by atoms with E-state index in [1.54, 1.807) is 9.36 Å². The van der Waals surface area contributed by atoms with E-state index in [1.807, 2.05) is 68.6 Å². The van der Waals surface area contributed by atoms with Crippen LogP contribution in [0.2, 0.25) is 0 Å². The molecule has 1 aromatic heterocycles. The quantitative estimate of drug-likeness (QED) is 0.784. The van der Waals surface area contributed by atoms with Gasteiger partial charge in [0, 0.05) is 12.6 Å². The highest BCUT2D eigenvalue weighted by Gasteiger charge is 2.17. The fourth-order valence-corrected chi connectivity index (χ4v) is 2.54. The van der Waals surface area contributed by atoms with Crippen LogP contribution >= 0.6 is 0 Å². The van der Waals surface area contributed by atoms with E-state index in [0.29, 0.717) is 0 Å². The van der Waals surface area contributed by atoms with Gasteiger partial charge in [0.1, 0.15) is 5.69 Å². The average Bonchev–Trinajstić information content (AvgIpc) is 2.72. The summed E-state index contributed by atoms with van der Waals surface area (Å²) < 4.78 is 3.40. The minimum absolute atomic E-state index is 0.194. The maximum atomic E-state index is 12.5. The number of anilines is 1. The Morgan fingerprint density at radius 3 is 2.19 bits per heavy atom. The highest BCUT2D eigenvalue weighted by atomic mass is 16.1. The lowest BCUT2D eigenvalue weighted by Gasteiger charge is -2.10. The highest BCUT2D eigenvalue weighted by molar-refractivity contribution is 5.73. The van der Waals surface area contributed by atoms with Gasteiger partial charge in [0.15, 0.2) is 0 Å². The number of rotatable bonds is 2. The molecule has 4 heteroatoms. The summed E-state index contributed by atoms with van der Waals surface area (Å²) >= 11 is 0. The molecule has 0 atom stereocenters. The maximum Gasteiger partial charge on any atom is 0.295 e. The smallest absolute Gasteiger partial charge is 0.295 e. The molecule has 0 aliphatic carbocycles. The van der Waals surface area contributed by atoms with Crippen LogP contribution in [0.1, 0.15) is 5.56 Å². The molecule has 2 aromatic carbocycles. The first kappa shape index (κ1) is 13.2. The topological polar surface area (TPSA) is 52.9 Å². The van der Waals surface area contributed by atoms with Crippen LogP contribution < -0.4 is 11.3 Å². The van der Waals surface area contributed by atoms with Gasteiger partial charge in [-0.3, -0.25) is 9.48 Å². The van der Waals surface area contributed by atoms with E-state index in [4.69, 9.17) is 5.73 Å². The number of nitrogens with zero attached hydrogens (tertiary/aromatic N) is 2. The summed E-state index contributed by atoms with van der Waals surface area (Å²) in [5, 5.41) is 0. The van der Waals surface area contributed by atoms with Crippen molar-refractivity contribution in [2.45, 2.75) is 6.92 Å². The number of hydrogen-bond donors (Lipinski definition) is 1. The molecule has 0 bridgehead atoms. The third kappa shape index (κ3) is 2.14. The second kappa shape index (κ2) is 4.98. The summed E-state index contributed by atoms with van der Waals surface area (Å²) in [6, 6.07) is 17.5. The molecule has 3 rings (SSSR count). The summed E-state index contributed by atoms with van der Waals surface area (Å²) in [6.07, 6.45) is 0. The van der Waals surface area contributed by atoms with Crippen LogP contribution in [-0.2, 0) is 7.05 Å². The van der Waals surface area contributed by atoms with Crippen LogP contribution in [0.25, 0.3) is 16.9 Å². The molecule has 0 spiro atoms. The molecule has 0 aliphatic rings. The SMILES string of the molecule is Cc1ccc(-n2c(=O)c(N)c(-c3ccccc3)n2C)cc1. The lowest BCUT2D eigenvalue weighted by molar-refractivity contribution is 0.652. The van der Waals surface area contributed by atoms with E-state index >= 15 is 0 Å². The molecule has 0 unspecified atom stereocenters. The minimum atomic E-state index is -0.194. The van der Waals surface area contributed by atoms with Gasteiger partial charge in [-0.25, -0.2) is 4.68 Å². The number of hydrogen-bond acceptors (Lipinski definition) is 2. The van der Waals surface area contributed by atoms with Gasteiger partial charge in [0.25, 0.3) is 5.56 Å². The fourth-order valence-electron chi connectivity index (χ4n) is 2.54. The van der Waals surface area contributed by atoms with Crippen molar-refractivity contribution in [1.29, 1.82) is 0 Å².